The molecule has 2 aromatic carbocycles. The van der Waals surface area contributed by atoms with Crippen LogP contribution in [0.5, 0.6) is 5.75 Å². The number of amides is 1. The van der Waals surface area contributed by atoms with Crippen LogP contribution in [0.15, 0.2) is 53.4 Å². The van der Waals surface area contributed by atoms with Crippen molar-refractivity contribution in [2.75, 3.05) is 32.2 Å². The van der Waals surface area contributed by atoms with Gasteiger partial charge in [0, 0.05) is 12.3 Å². The standard InChI is InChI=1S/C25H32N2O8S/c1-3-33-23(28)16-18-7-9-19(10-8-18)26-25(29)22(17-35-24-6-4-5-15-34-24)27-36(30,31)21-13-11-20(32-2)12-14-21/h7-14,22,24,27H,3-6,15-17H2,1-2H3,(H,26,29). The van der Waals surface area contributed by atoms with Gasteiger partial charge in [-0.3, -0.25) is 9.59 Å². The third-order valence-electron chi connectivity index (χ3n) is 5.45. The molecule has 2 aromatic rings. The van der Waals surface area contributed by atoms with Crippen molar-refractivity contribution in [1.29, 1.82) is 0 Å². The molecule has 2 N–H and O–H groups in total. The summed E-state index contributed by atoms with van der Waals surface area (Å²) in [4.78, 5) is 24.7. The monoisotopic (exact) mass is 520 g/mol. The van der Waals surface area contributed by atoms with Crippen molar-refractivity contribution >= 4 is 27.6 Å². The first-order chi connectivity index (χ1) is 17.3. The minimum atomic E-state index is -4.04. The lowest BCUT2D eigenvalue weighted by molar-refractivity contribution is -0.166. The van der Waals surface area contributed by atoms with Crippen molar-refractivity contribution in [3.05, 3.63) is 54.1 Å². The average molecular weight is 521 g/mol. The van der Waals surface area contributed by atoms with Gasteiger partial charge < -0.3 is 24.3 Å². The molecule has 2 atom stereocenters. The zero-order valence-corrected chi connectivity index (χ0v) is 21.2. The molecule has 10 nitrogen and oxygen atoms in total. The van der Waals surface area contributed by atoms with Gasteiger partial charge in [0.1, 0.15) is 11.8 Å². The van der Waals surface area contributed by atoms with Crippen LogP contribution in [-0.4, -0.2) is 59.6 Å². The Morgan fingerprint density at radius 3 is 2.42 bits per heavy atom. The molecule has 2 unspecified atom stereocenters. The first-order valence-corrected chi connectivity index (χ1v) is 13.2. The molecule has 196 valence electrons. The van der Waals surface area contributed by atoms with Gasteiger partial charge in [0.05, 0.1) is 31.6 Å². The van der Waals surface area contributed by atoms with Gasteiger partial charge in [0.25, 0.3) is 0 Å². The molecule has 3 rings (SSSR count). The summed E-state index contributed by atoms with van der Waals surface area (Å²) in [6, 6.07) is 11.3. The molecule has 1 aliphatic heterocycles. The molecule has 1 saturated heterocycles. The third-order valence-corrected chi connectivity index (χ3v) is 6.93. The van der Waals surface area contributed by atoms with Crippen LogP contribution in [0.3, 0.4) is 0 Å². The van der Waals surface area contributed by atoms with Gasteiger partial charge in [0.2, 0.25) is 15.9 Å². The summed E-state index contributed by atoms with van der Waals surface area (Å²) < 4.78 is 49.7. The molecule has 36 heavy (non-hydrogen) atoms. The minimum Gasteiger partial charge on any atom is -0.497 e. The Bertz CT molecular complexity index is 1100. The molecule has 1 amide bonds. The highest BCUT2D eigenvalue weighted by Gasteiger charge is 2.28. The van der Waals surface area contributed by atoms with E-state index in [4.69, 9.17) is 18.9 Å². The molecule has 0 aromatic heterocycles. The second-order valence-electron chi connectivity index (χ2n) is 8.15. The summed E-state index contributed by atoms with van der Waals surface area (Å²) in [5.74, 6) is -0.433. The number of benzene rings is 2. The van der Waals surface area contributed by atoms with Crippen molar-refractivity contribution in [3.63, 3.8) is 0 Å². The van der Waals surface area contributed by atoms with Crippen LogP contribution in [0.25, 0.3) is 0 Å². The second kappa shape index (κ2) is 13.4. The maximum atomic E-state index is 13.1. The van der Waals surface area contributed by atoms with Crippen LogP contribution in [0.4, 0.5) is 5.69 Å². The molecule has 0 bridgehead atoms. The van der Waals surface area contributed by atoms with Crippen LogP contribution in [0.2, 0.25) is 0 Å². The van der Waals surface area contributed by atoms with Gasteiger partial charge in [-0.1, -0.05) is 12.1 Å². The topological polar surface area (TPSA) is 129 Å². The van der Waals surface area contributed by atoms with Crippen molar-refractivity contribution in [3.8, 4) is 5.75 Å². The lowest BCUT2D eigenvalue weighted by Gasteiger charge is -2.25. The normalized spacial score (nSPS) is 16.7. The average Bonchev–Trinajstić information content (AvgIpc) is 2.88. The van der Waals surface area contributed by atoms with E-state index in [-0.39, 0.29) is 23.9 Å². The number of sulfonamides is 1. The number of carbonyl (C=O) groups excluding carboxylic acids is 2. The zero-order chi connectivity index (χ0) is 26.0. The van der Waals surface area contributed by atoms with Crippen LogP contribution in [0.1, 0.15) is 31.7 Å². The predicted octanol–water partition coefficient (Wildman–Crippen LogP) is 2.63. The fourth-order valence-corrected chi connectivity index (χ4v) is 4.71. The number of hydrogen-bond donors (Lipinski definition) is 2. The van der Waals surface area contributed by atoms with Crippen LogP contribution in [-0.2, 0) is 40.2 Å². The lowest BCUT2D eigenvalue weighted by atomic mass is 10.1. The van der Waals surface area contributed by atoms with E-state index in [1.807, 2.05) is 0 Å². The van der Waals surface area contributed by atoms with Gasteiger partial charge in [-0.05, 0) is 68.1 Å². The quantitative estimate of drug-likeness (QED) is 0.409. The maximum absolute atomic E-state index is 13.1. The highest BCUT2D eigenvalue weighted by atomic mass is 32.2. The number of carbonyl (C=O) groups is 2. The van der Waals surface area contributed by atoms with Crippen LogP contribution in [0, 0.1) is 0 Å². The van der Waals surface area contributed by atoms with Gasteiger partial charge in [-0.25, -0.2) is 8.42 Å². The molecular formula is C25H32N2O8S. The Labute approximate surface area is 211 Å². The summed E-state index contributed by atoms with van der Waals surface area (Å²) in [6.45, 7) is 2.37. The molecule has 0 radical (unpaired) electrons. The van der Waals surface area contributed by atoms with E-state index < -0.39 is 28.3 Å². The van der Waals surface area contributed by atoms with E-state index in [9.17, 15) is 18.0 Å². The van der Waals surface area contributed by atoms with Gasteiger partial charge >= 0.3 is 5.97 Å². The van der Waals surface area contributed by atoms with Gasteiger partial charge in [-0.15, -0.1) is 0 Å². The summed E-state index contributed by atoms with van der Waals surface area (Å²) >= 11 is 0. The highest BCUT2D eigenvalue weighted by molar-refractivity contribution is 7.89. The SMILES string of the molecule is CCOC(=O)Cc1ccc(NC(=O)C(COC2CCCCO2)NS(=O)(=O)c2ccc(OC)cc2)cc1. The van der Waals surface area contributed by atoms with Gasteiger partial charge in [0.15, 0.2) is 6.29 Å². The van der Waals surface area contributed by atoms with Crippen molar-refractivity contribution in [1.82, 2.24) is 4.72 Å². The molecule has 0 spiro atoms. The van der Waals surface area contributed by atoms with E-state index >= 15 is 0 Å². The number of esters is 1. The second-order valence-corrected chi connectivity index (χ2v) is 9.86. The Hall–Kier alpha value is -2.99. The van der Waals surface area contributed by atoms with E-state index in [1.54, 1.807) is 31.2 Å². The predicted molar refractivity (Wildman–Crippen MR) is 132 cm³/mol. The number of rotatable bonds is 12. The number of nitrogens with one attached hydrogen (secondary N) is 2. The molecule has 1 fully saturated rings. The molecule has 0 saturated carbocycles. The molecular weight excluding hydrogens is 488 g/mol. The minimum absolute atomic E-state index is 0.0154. The Morgan fingerprint density at radius 2 is 1.81 bits per heavy atom. The van der Waals surface area contributed by atoms with Gasteiger partial charge in [-0.2, -0.15) is 4.72 Å². The van der Waals surface area contributed by atoms with Crippen molar-refractivity contribution < 1.29 is 37.0 Å². The third kappa shape index (κ3) is 8.30. The molecule has 11 heteroatoms. The summed E-state index contributed by atoms with van der Waals surface area (Å²) in [6.07, 6.45) is 2.14. The molecule has 0 aliphatic carbocycles. The number of anilines is 1. The summed E-state index contributed by atoms with van der Waals surface area (Å²) in [5, 5.41) is 2.70. The lowest BCUT2D eigenvalue weighted by Crippen LogP contribution is -2.47. The zero-order valence-electron chi connectivity index (χ0n) is 20.4. The first-order valence-electron chi connectivity index (χ1n) is 11.8. The Kier molecular flexibility index (Phi) is 10.2. The number of hydrogen-bond acceptors (Lipinski definition) is 8. The maximum Gasteiger partial charge on any atom is 0.310 e. The Morgan fingerprint density at radius 1 is 1.08 bits per heavy atom. The fourth-order valence-electron chi connectivity index (χ4n) is 3.53. The summed E-state index contributed by atoms with van der Waals surface area (Å²) in [5.41, 5.74) is 1.16. The van der Waals surface area contributed by atoms with Crippen LogP contribution < -0.4 is 14.8 Å². The van der Waals surface area contributed by atoms with Crippen molar-refractivity contribution in [2.45, 2.75) is 49.8 Å². The van der Waals surface area contributed by atoms with E-state index in [1.165, 1.54) is 31.4 Å². The molecule has 1 aliphatic rings. The largest absolute Gasteiger partial charge is 0.497 e. The van der Waals surface area contributed by atoms with Crippen molar-refractivity contribution in [2.24, 2.45) is 0 Å². The Balaban J connectivity index is 1.70. The van der Waals surface area contributed by atoms with Crippen LogP contribution >= 0.6 is 0 Å². The van der Waals surface area contributed by atoms with E-state index in [2.05, 4.69) is 10.0 Å². The molecule has 1 heterocycles. The van der Waals surface area contributed by atoms with E-state index in [0.717, 1.165) is 18.4 Å². The smallest absolute Gasteiger partial charge is 0.310 e. The highest BCUT2D eigenvalue weighted by Crippen LogP contribution is 2.18. The fraction of sp³-hybridized carbons (Fsp3) is 0.440. The summed E-state index contributed by atoms with van der Waals surface area (Å²) in [7, 11) is -2.56. The first kappa shape index (κ1) is 27.6. The number of methoxy groups -OCH3 is 1. The van der Waals surface area contributed by atoms with E-state index in [0.29, 0.717) is 31.1 Å². The number of ether oxygens (including phenoxy) is 4.